The third kappa shape index (κ3) is 4.49. The molecule has 4 rings (SSSR count). The molecule has 1 saturated carbocycles. The summed E-state index contributed by atoms with van der Waals surface area (Å²) in [5.74, 6) is -10.3. The van der Waals surface area contributed by atoms with Gasteiger partial charge in [-0.2, -0.15) is 0 Å². The van der Waals surface area contributed by atoms with E-state index in [1.165, 1.54) is 31.1 Å². The summed E-state index contributed by atoms with van der Waals surface area (Å²) in [4.78, 5) is 53.2. The van der Waals surface area contributed by atoms with Gasteiger partial charge in [-0.3, -0.25) is 24.1 Å². The van der Waals surface area contributed by atoms with Crippen LogP contribution in [0.25, 0.3) is 5.76 Å². The third-order valence-electron chi connectivity index (χ3n) is 8.18. The van der Waals surface area contributed by atoms with Gasteiger partial charge in [0.15, 0.2) is 11.4 Å². The van der Waals surface area contributed by atoms with Gasteiger partial charge in [0, 0.05) is 17.0 Å². The maximum Gasteiger partial charge on any atom is 0.255 e. The van der Waals surface area contributed by atoms with Crippen molar-refractivity contribution in [2.75, 3.05) is 26.0 Å². The zero-order chi connectivity index (χ0) is 30.9. The molecule has 0 unspecified atom stereocenters. The molecule has 0 heterocycles. The van der Waals surface area contributed by atoms with Crippen molar-refractivity contribution in [2.24, 2.45) is 17.6 Å². The first-order chi connectivity index (χ1) is 18.9. The highest BCUT2D eigenvalue weighted by atomic mass is 16.4. The van der Waals surface area contributed by atoms with E-state index >= 15 is 0 Å². The lowest BCUT2D eigenvalue weighted by molar-refractivity contribution is -0.169. The highest BCUT2D eigenvalue weighted by Crippen LogP contribution is 2.56. The molecule has 1 aromatic carbocycles. The van der Waals surface area contributed by atoms with E-state index in [0.717, 1.165) is 0 Å². The van der Waals surface area contributed by atoms with Gasteiger partial charge in [-0.05, 0) is 52.4 Å². The first-order valence-electron chi connectivity index (χ1n) is 13.1. The minimum atomic E-state index is -3.00. The first kappa shape index (κ1) is 30.2. The molecule has 13 nitrogen and oxygen atoms in total. The summed E-state index contributed by atoms with van der Waals surface area (Å²) in [6, 6.07) is 1.52. The van der Waals surface area contributed by atoms with Crippen LogP contribution in [0.2, 0.25) is 0 Å². The number of rotatable bonds is 5. The molecule has 0 aliphatic heterocycles. The number of phenols is 1. The number of carbonyl (C=O) groups excluding carboxylic acids is 4. The van der Waals surface area contributed by atoms with E-state index in [0.29, 0.717) is 5.56 Å². The Bertz CT molecular complexity index is 1420. The number of primary amides is 1. The van der Waals surface area contributed by atoms with Gasteiger partial charge >= 0.3 is 0 Å². The quantitative estimate of drug-likeness (QED) is 0.171. The molecule has 0 aromatic heterocycles. The fourth-order valence-electron chi connectivity index (χ4n) is 6.26. The molecule has 0 spiro atoms. The van der Waals surface area contributed by atoms with Crippen LogP contribution in [-0.2, 0) is 19.2 Å². The number of fused-ring (bicyclic) bond motifs is 3. The van der Waals surface area contributed by atoms with Gasteiger partial charge in [0.05, 0.1) is 35.9 Å². The Morgan fingerprint density at radius 2 is 1.73 bits per heavy atom. The number of nitrogens with one attached hydrogen (secondary N) is 2. The van der Waals surface area contributed by atoms with E-state index in [2.05, 4.69) is 10.6 Å². The number of nitrogens with two attached hydrogens (primary N) is 1. The molecule has 0 saturated heterocycles. The Morgan fingerprint density at radius 3 is 2.27 bits per heavy atom. The smallest absolute Gasteiger partial charge is 0.255 e. The van der Waals surface area contributed by atoms with Gasteiger partial charge in [0.1, 0.15) is 22.8 Å². The predicted molar refractivity (Wildman–Crippen MR) is 147 cm³/mol. The van der Waals surface area contributed by atoms with Crippen LogP contribution in [0, 0.1) is 11.8 Å². The van der Waals surface area contributed by atoms with E-state index in [9.17, 15) is 44.7 Å². The number of benzene rings is 1. The fourth-order valence-corrected chi connectivity index (χ4v) is 6.26. The normalized spacial score (nSPS) is 29.7. The topological polar surface area (TPSA) is 223 Å². The Labute approximate surface area is 236 Å². The number of ketones is 2. The first-order valence-corrected chi connectivity index (χ1v) is 13.1. The van der Waals surface area contributed by atoms with E-state index in [-0.39, 0.29) is 23.3 Å². The Balaban J connectivity index is 1.88. The second-order valence-corrected chi connectivity index (χ2v) is 12.1. The Kier molecular flexibility index (Phi) is 7.32. The van der Waals surface area contributed by atoms with Crippen molar-refractivity contribution in [3.63, 3.8) is 0 Å². The van der Waals surface area contributed by atoms with Gasteiger partial charge in [0.25, 0.3) is 5.91 Å². The van der Waals surface area contributed by atoms with Gasteiger partial charge in [-0.15, -0.1) is 0 Å². The second-order valence-electron chi connectivity index (χ2n) is 12.1. The highest BCUT2D eigenvalue weighted by Gasteiger charge is 2.68. The number of aliphatic hydroxyl groups excluding tert-OH is 3. The van der Waals surface area contributed by atoms with Gasteiger partial charge in [-0.1, -0.05) is 13.0 Å². The number of Topliss-reactive ketones (excluding diaryl/α,β-unsaturated/α-hetero) is 2. The van der Waals surface area contributed by atoms with Crippen molar-refractivity contribution in [2.45, 2.75) is 56.9 Å². The number of hydrogen-bond donors (Lipinski definition) is 8. The molecule has 0 bridgehead atoms. The highest BCUT2D eigenvalue weighted by molar-refractivity contribution is 6.24. The lowest BCUT2D eigenvalue weighted by Crippen LogP contribution is -2.70. The van der Waals surface area contributed by atoms with Crippen LogP contribution in [0.15, 0.2) is 29.0 Å². The molecule has 3 aliphatic carbocycles. The van der Waals surface area contributed by atoms with E-state index in [1.807, 2.05) is 20.8 Å². The standard InChI is InChI=1S/C28H36N4O9/c1-10-11-7-8-12(31-13(33)9-30-27(2,3)4)20(34)15(11)21(35)16-14(10)22(36)18-19(32(5)6)23(37)17(26(29)40)25(39)28(18,41)24(16)38/h7-8,10,14,18-19,22,30,34-36,39,41H,9H2,1-6H3,(H2,29,40)(H,31,33)/t10-,14+,18+,19-,22-,28-/m0/s1. The van der Waals surface area contributed by atoms with Crippen LogP contribution in [0.3, 0.4) is 0 Å². The molecule has 222 valence electrons. The summed E-state index contributed by atoms with van der Waals surface area (Å²) in [5, 5.41) is 62.4. The van der Waals surface area contributed by atoms with Crippen molar-refractivity contribution in [3.05, 3.63) is 40.2 Å². The van der Waals surface area contributed by atoms with Crippen LogP contribution in [-0.4, -0.2) is 97.7 Å². The second kappa shape index (κ2) is 9.94. The summed E-state index contributed by atoms with van der Waals surface area (Å²) in [5.41, 5.74) is 0.547. The average Bonchev–Trinajstić information content (AvgIpc) is 2.85. The van der Waals surface area contributed by atoms with Crippen LogP contribution in [0.5, 0.6) is 5.75 Å². The fraction of sp³-hybridized carbons (Fsp3) is 0.500. The van der Waals surface area contributed by atoms with Crippen molar-refractivity contribution >= 4 is 34.8 Å². The molecule has 0 radical (unpaired) electrons. The number of hydrogen-bond acceptors (Lipinski definition) is 11. The Morgan fingerprint density at radius 1 is 1.12 bits per heavy atom. The molecular formula is C28H36N4O9. The summed E-state index contributed by atoms with van der Waals surface area (Å²) >= 11 is 0. The molecule has 6 atom stereocenters. The van der Waals surface area contributed by atoms with E-state index in [1.54, 1.807) is 6.92 Å². The number of phenolic OH excluding ortho intramolecular Hbond substituents is 1. The molecule has 41 heavy (non-hydrogen) atoms. The summed E-state index contributed by atoms with van der Waals surface area (Å²) in [6.07, 6.45) is -1.68. The van der Waals surface area contributed by atoms with Crippen molar-refractivity contribution in [1.29, 1.82) is 0 Å². The summed E-state index contributed by atoms with van der Waals surface area (Å²) < 4.78 is 0. The van der Waals surface area contributed by atoms with Crippen LogP contribution >= 0.6 is 0 Å². The number of aromatic hydroxyl groups is 1. The molecule has 2 amide bonds. The molecule has 13 heteroatoms. The zero-order valence-corrected chi connectivity index (χ0v) is 23.6. The molecule has 9 N–H and O–H groups in total. The number of carbonyl (C=O) groups is 4. The zero-order valence-electron chi connectivity index (χ0n) is 23.6. The molecular weight excluding hydrogens is 536 g/mol. The molecule has 3 aliphatic rings. The SMILES string of the molecule is C[C@H]1c2ccc(NC(=O)CNC(C)(C)C)c(O)c2C(O)=C2C(=O)[C@]3(O)C(O)=C(C(N)=O)C(=O)[C@@H](N(C)C)[C@@H]3[C@@H](O)[C@@H]21. The average molecular weight is 573 g/mol. The summed E-state index contributed by atoms with van der Waals surface area (Å²) in [7, 11) is 2.88. The molecule has 1 aromatic rings. The van der Waals surface area contributed by atoms with Crippen molar-refractivity contribution < 1.29 is 44.7 Å². The predicted octanol–water partition coefficient (Wildman–Crippen LogP) is -0.178. The monoisotopic (exact) mass is 572 g/mol. The lowest BCUT2D eigenvalue weighted by Gasteiger charge is -2.53. The maximum absolute atomic E-state index is 14.0. The van der Waals surface area contributed by atoms with Crippen LogP contribution in [0.4, 0.5) is 5.69 Å². The largest absolute Gasteiger partial charge is 0.508 e. The third-order valence-corrected chi connectivity index (χ3v) is 8.18. The lowest BCUT2D eigenvalue weighted by atomic mass is 9.54. The number of aliphatic hydroxyl groups is 4. The summed E-state index contributed by atoms with van der Waals surface area (Å²) in [6.45, 7) is 7.16. The van der Waals surface area contributed by atoms with Gasteiger partial charge < -0.3 is 41.9 Å². The van der Waals surface area contributed by atoms with E-state index < -0.39 is 87.3 Å². The van der Waals surface area contributed by atoms with Crippen LogP contribution < -0.4 is 16.4 Å². The van der Waals surface area contributed by atoms with Gasteiger partial charge in [0.2, 0.25) is 11.7 Å². The van der Waals surface area contributed by atoms with Gasteiger partial charge in [-0.25, -0.2) is 0 Å². The van der Waals surface area contributed by atoms with Crippen molar-refractivity contribution in [1.82, 2.24) is 10.2 Å². The van der Waals surface area contributed by atoms with Crippen molar-refractivity contribution in [3.8, 4) is 5.75 Å². The molecule has 1 fully saturated rings. The van der Waals surface area contributed by atoms with Crippen LogP contribution in [0.1, 0.15) is 44.7 Å². The minimum absolute atomic E-state index is 0.0580. The Hall–Kier alpha value is -3.78. The maximum atomic E-state index is 14.0. The number of likely N-dealkylation sites (N-methyl/N-ethyl adjacent to an activating group) is 1. The number of anilines is 1. The minimum Gasteiger partial charge on any atom is -0.508 e. The van der Waals surface area contributed by atoms with E-state index in [4.69, 9.17) is 5.73 Å². The number of nitrogens with zero attached hydrogens (tertiary/aromatic N) is 1. The number of amides is 2.